The minimum atomic E-state index is -0.657. The van der Waals surface area contributed by atoms with Gasteiger partial charge < -0.3 is 29.7 Å². The number of nitrogens with zero attached hydrogens (tertiary/aromatic N) is 2. The second-order valence-electron chi connectivity index (χ2n) is 9.16. The van der Waals surface area contributed by atoms with E-state index in [1.807, 2.05) is 12.1 Å². The molecule has 3 aliphatic heterocycles. The van der Waals surface area contributed by atoms with Gasteiger partial charge >= 0.3 is 11.8 Å². The SMILES string of the molecule is CN1CCCc2cc(C(CNC(=O)C(=O)NCc3ccc4c(c3)OCO4)N3CCOCC3)ccc21. The van der Waals surface area contributed by atoms with E-state index in [0.717, 1.165) is 43.6 Å². The average Bonchev–Trinajstić information content (AvgIpc) is 3.36. The van der Waals surface area contributed by atoms with E-state index in [9.17, 15) is 9.59 Å². The van der Waals surface area contributed by atoms with Crippen LogP contribution in [0, 0.1) is 0 Å². The number of ether oxygens (including phenoxy) is 3. The summed E-state index contributed by atoms with van der Waals surface area (Å²) in [6.07, 6.45) is 2.19. The lowest BCUT2D eigenvalue weighted by Gasteiger charge is -2.36. The predicted octanol–water partition coefficient (Wildman–Crippen LogP) is 1.60. The summed E-state index contributed by atoms with van der Waals surface area (Å²) in [4.78, 5) is 29.7. The van der Waals surface area contributed by atoms with Crippen LogP contribution in [0.3, 0.4) is 0 Å². The Morgan fingerprint density at radius 1 is 0.971 bits per heavy atom. The fraction of sp³-hybridized carbons (Fsp3) is 0.462. The van der Waals surface area contributed by atoms with E-state index in [1.54, 1.807) is 6.07 Å². The van der Waals surface area contributed by atoms with Crippen molar-refractivity contribution in [2.75, 3.05) is 58.1 Å². The first-order chi connectivity index (χ1) is 17.1. The van der Waals surface area contributed by atoms with Gasteiger partial charge in [0.2, 0.25) is 6.79 Å². The molecule has 1 unspecified atom stereocenters. The van der Waals surface area contributed by atoms with Crippen molar-refractivity contribution in [3.8, 4) is 11.5 Å². The highest BCUT2D eigenvalue weighted by atomic mass is 16.7. The van der Waals surface area contributed by atoms with Crippen molar-refractivity contribution in [2.24, 2.45) is 0 Å². The molecule has 0 aliphatic carbocycles. The summed E-state index contributed by atoms with van der Waals surface area (Å²) in [7, 11) is 2.12. The summed E-state index contributed by atoms with van der Waals surface area (Å²) in [6, 6.07) is 12.0. The highest BCUT2D eigenvalue weighted by molar-refractivity contribution is 6.35. The van der Waals surface area contributed by atoms with Crippen molar-refractivity contribution < 1.29 is 23.8 Å². The zero-order chi connectivity index (χ0) is 24.2. The zero-order valence-electron chi connectivity index (χ0n) is 20.0. The Morgan fingerprint density at radius 3 is 2.63 bits per heavy atom. The van der Waals surface area contributed by atoms with Gasteiger partial charge in [0.25, 0.3) is 0 Å². The van der Waals surface area contributed by atoms with E-state index in [-0.39, 0.29) is 19.4 Å². The van der Waals surface area contributed by atoms with Gasteiger partial charge in [0.15, 0.2) is 11.5 Å². The zero-order valence-corrected chi connectivity index (χ0v) is 20.0. The van der Waals surface area contributed by atoms with E-state index < -0.39 is 11.8 Å². The third-order valence-corrected chi connectivity index (χ3v) is 6.88. The van der Waals surface area contributed by atoms with Crippen molar-refractivity contribution in [2.45, 2.75) is 25.4 Å². The molecule has 186 valence electrons. The van der Waals surface area contributed by atoms with Crippen molar-refractivity contribution in [3.05, 3.63) is 53.1 Å². The second kappa shape index (κ2) is 10.5. The van der Waals surface area contributed by atoms with Gasteiger partial charge in [-0.2, -0.15) is 0 Å². The number of amides is 2. The Bertz CT molecular complexity index is 1090. The number of carbonyl (C=O) groups is 2. The fourth-order valence-corrected chi connectivity index (χ4v) is 4.94. The molecule has 5 rings (SSSR count). The van der Waals surface area contributed by atoms with Crippen molar-refractivity contribution >= 4 is 17.5 Å². The standard InChI is InChI=1S/C26H32N4O5/c1-29-8-2-3-19-14-20(5-6-21(19)29)22(30-9-11-33-12-10-30)16-28-26(32)25(31)27-15-18-4-7-23-24(13-18)35-17-34-23/h4-7,13-14,22H,2-3,8-12,15-17H2,1H3,(H,27,31)(H,28,32). The molecule has 1 atom stereocenters. The van der Waals surface area contributed by atoms with Gasteiger partial charge in [0, 0.05) is 45.5 Å². The lowest BCUT2D eigenvalue weighted by molar-refractivity contribution is -0.139. The molecule has 2 amide bonds. The number of rotatable bonds is 6. The molecule has 0 radical (unpaired) electrons. The molecule has 3 aliphatic rings. The minimum Gasteiger partial charge on any atom is -0.454 e. The number of morpholine rings is 1. The molecular weight excluding hydrogens is 448 g/mol. The molecule has 0 bridgehead atoms. The molecule has 2 aromatic carbocycles. The van der Waals surface area contributed by atoms with Gasteiger partial charge in [-0.1, -0.05) is 18.2 Å². The quantitative estimate of drug-likeness (QED) is 0.607. The maximum absolute atomic E-state index is 12.6. The third kappa shape index (κ3) is 5.36. The largest absolute Gasteiger partial charge is 0.454 e. The molecule has 3 heterocycles. The Labute approximate surface area is 205 Å². The molecule has 35 heavy (non-hydrogen) atoms. The number of hydrogen-bond acceptors (Lipinski definition) is 7. The van der Waals surface area contributed by atoms with E-state index in [0.29, 0.717) is 31.3 Å². The van der Waals surface area contributed by atoms with E-state index >= 15 is 0 Å². The van der Waals surface area contributed by atoms with Gasteiger partial charge in [-0.05, 0) is 47.7 Å². The van der Waals surface area contributed by atoms with Crippen LogP contribution in [0.15, 0.2) is 36.4 Å². The van der Waals surface area contributed by atoms with Gasteiger partial charge in [-0.25, -0.2) is 0 Å². The van der Waals surface area contributed by atoms with E-state index in [1.165, 1.54) is 11.3 Å². The molecule has 9 nitrogen and oxygen atoms in total. The van der Waals surface area contributed by atoms with Gasteiger partial charge in [0.05, 0.1) is 19.3 Å². The average molecular weight is 481 g/mol. The smallest absolute Gasteiger partial charge is 0.309 e. The van der Waals surface area contributed by atoms with Crippen molar-refractivity contribution in [1.82, 2.24) is 15.5 Å². The summed E-state index contributed by atoms with van der Waals surface area (Å²) < 4.78 is 16.2. The first kappa shape index (κ1) is 23.4. The number of hydrogen-bond donors (Lipinski definition) is 2. The van der Waals surface area contributed by atoms with Crippen LogP contribution in [0.4, 0.5) is 5.69 Å². The molecule has 1 fully saturated rings. The molecule has 0 aromatic heterocycles. The molecule has 0 spiro atoms. The van der Waals surface area contributed by atoms with Gasteiger partial charge in [-0.15, -0.1) is 0 Å². The molecule has 9 heteroatoms. The topological polar surface area (TPSA) is 92.4 Å². The van der Waals surface area contributed by atoms with Gasteiger partial charge in [0.1, 0.15) is 0 Å². The molecule has 1 saturated heterocycles. The van der Waals surface area contributed by atoms with Crippen LogP contribution in [0.5, 0.6) is 11.5 Å². The molecule has 2 N–H and O–H groups in total. The summed E-state index contributed by atoms with van der Waals surface area (Å²) in [5.41, 5.74) is 4.60. The number of carbonyl (C=O) groups excluding carboxylic acids is 2. The Balaban J connectivity index is 1.22. The lowest BCUT2D eigenvalue weighted by atomic mass is 9.95. The lowest BCUT2D eigenvalue weighted by Crippen LogP contribution is -2.46. The first-order valence-electron chi connectivity index (χ1n) is 12.2. The molecular formula is C26H32N4O5. The number of nitrogens with one attached hydrogen (secondary N) is 2. The molecule has 2 aromatic rings. The van der Waals surface area contributed by atoms with Gasteiger partial charge in [-0.3, -0.25) is 14.5 Å². The van der Waals surface area contributed by atoms with Crippen molar-refractivity contribution in [1.29, 1.82) is 0 Å². The highest BCUT2D eigenvalue weighted by Crippen LogP contribution is 2.33. The minimum absolute atomic E-state index is 0.0259. The second-order valence-corrected chi connectivity index (χ2v) is 9.16. The first-order valence-corrected chi connectivity index (χ1v) is 12.2. The maximum atomic E-state index is 12.6. The van der Waals surface area contributed by atoms with Crippen LogP contribution in [0.1, 0.15) is 29.2 Å². The van der Waals surface area contributed by atoms with Crippen LogP contribution in [-0.2, 0) is 27.3 Å². The predicted molar refractivity (Wildman–Crippen MR) is 131 cm³/mol. The molecule has 0 saturated carbocycles. The van der Waals surface area contributed by atoms with E-state index in [4.69, 9.17) is 14.2 Å². The maximum Gasteiger partial charge on any atom is 0.309 e. The number of anilines is 1. The number of fused-ring (bicyclic) bond motifs is 2. The van der Waals surface area contributed by atoms with Crippen LogP contribution in [0.25, 0.3) is 0 Å². The normalized spacial score (nSPS) is 18.0. The Hall–Kier alpha value is -3.30. The van der Waals surface area contributed by atoms with Crippen LogP contribution in [-0.4, -0.2) is 69.9 Å². The van der Waals surface area contributed by atoms with Crippen LogP contribution >= 0.6 is 0 Å². The fourth-order valence-electron chi connectivity index (χ4n) is 4.94. The number of benzene rings is 2. The summed E-state index contributed by atoms with van der Waals surface area (Å²) >= 11 is 0. The number of aryl methyl sites for hydroxylation is 1. The van der Waals surface area contributed by atoms with E-state index in [2.05, 4.69) is 45.7 Å². The monoisotopic (exact) mass is 480 g/mol. The Kier molecular flexibility index (Phi) is 7.06. The van der Waals surface area contributed by atoms with Crippen LogP contribution < -0.4 is 25.0 Å². The Morgan fingerprint density at radius 2 is 1.77 bits per heavy atom. The summed E-state index contributed by atoms with van der Waals surface area (Å²) in [5, 5.41) is 5.55. The summed E-state index contributed by atoms with van der Waals surface area (Å²) in [5.74, 6) is 0.0312. The summed E-state index contributed by atoms with van der Waals surface area (Å²) in [6.45, 7) is 4.73. The van der Waals surface area contributed by atoms with Crippen LogP contribution in [0.2, 0.25) is 0 Å². The highest BCUT2D eigenvalue weighted by Gasteiger charge is 2.26. The van der Waals surface area contributed by atoms with Crippen molar-refractivity contribution in [3.63, 3.8) is 0 Å². The third-order valence-electron chi connectivity index (χ3n) is 6.88.